The second kappa shape index (κ2) is 8.28. The van der Waals surface area contributed by atoms with E-state index in [-0.39, 0.29) is 6.04 Å². The molecule has 1 spiro atoms. The molecule has 3 heterocycles. The van der Waals surface area contributed by atoms with Crippen LogP contribution in [-0.2, 0) is 11.3 Å². The first-order valence-electron chi connectivity index (χ1n) is 9.72. The first-order valence-corrected chi connectivity index (χ1v) is 9.72. The van der Waals surface area contributed by atoms with Gasteiger partial charge in [-0.25, -0.2) is 0 Å². The summed E-state index contributed by atoms with van der Waals surface area (Å²) in [5, 5.41) is 3.46. The molecule has 1 amide bonds. The highest BCUT2D eigenvalue weighted by atomic mass is 16.2. The van der Waals surface area contributed by atoms with E-state index in [4.69, 9.17) is 0 Å². The summed E-state index contributed by atoms with van der Waals surface area (Å²) in [6, 6.07) is 4.06. The van der Waals surface area contributed by atoms with Crippen molar-refractivity contribution in [3.63, 3.8) is 0 Å². The number of pyridine rings is 1. The van der Waals surface area contributed by atoms with Gasteiger partial charge in [-0.2, -0.15) is 0 Å². The van der Waals surface area contributed by atoms with Crippen molar-refractivity contribution in [2.45, 2.75) is 51.6 Å². The van der Waals surface area contributed by atoms with E-state index >= 15 is 0 Å². The van der Waals surface area contributed by atoms with Gasteiger partial charge in [0.25, 0.3) is 0 Å². The first-order chi connectivity index (χ1) is 12.1. The van der Waals surface area contributed by atoms with Gasteiger partial charge in [0.2, 0.25) is 5.91 Å². The molecule has 0 bridgehead atoms. The van der Waals surface area contributed by atoms with Gasteiger partial charge in [0, 0.05) is 32.0 Å². The lowest BCUT2D eigenvalue weighted by Crippen LogP contribution is -2.44. The van der Waals surface area contributed by atoms with Gasteiger partial charge in [0.05, 0.1) is 6.04 Å². The average Bonchev–Trinajstić information content (AvgIpc) is 2.95. The Bertz CT molecular complexity index is 556. The summed E-state index contributed by atoms with van der Waals surface area (Å²) in [5.74, 6) is 0.308. The Kier molecular flexibility index (Phi) is 6.07. The molecule has 2 aliphatic rings. The maximum absolute atomic E-state index is 13.3. The minimum absolute atomic E-state index is 0.0387. The highest BCUT2D eigenvalue weighted by Crippen LogP contribution is 2.41. The standard InChI is InChI=1S/C20H32N4O/c1-3-4-13-24(15-17-5-9-21-10-6-17)19(25)18-14-20(16-23(18)2)7-11-22-12-8-20/h5-6,9-10,18,22H,3-4,7-8,11-16H2,1-2H3/t18-/m0/s1. The van der Waals surface area contributed by atoms with Crippen molar-refractivity contribution in [3.05, 3.63) is 30.1 Å². The molecule has 0 aromatic carbocycles. The number of carbonyl (C=O) groups excluding carboxylic acids is 1. The highest BCUT2D eigenvalue weighted by Gasteiger charge is 2.46. The van der Waals surface area contributed by atoms with Crippen molar-refractivity contribution < 1.29 is 4.79 Å². The lowest BCUT2D eigenvalue weighted by molar-refractivity contribution is -0.136. The molecule has 25 heavy (non-hydrogen) atoms. The Morgan fingerprint density at radius 1 is 1.36 bits per heavy atom. The number of hydrogen-bond donors (Lipinski definition) is 1. The minimum atomic E-state index is 0.0387. The Morgan fingerprint density at radius 2 is 2.08 bits per heavy atom. The van der Waals surface area contributed by atoms with Crippen molar-refractivity contribution in [2.75, 3.05) is 33.2 Å². The summed E-state index contributed by atoms with van der Waals surface area (Å²) >= 11 is 0. The Labute approximate surface area is 151 Å². The number of hydrogen-bond acceptors (Lipinski definition) is 4. The van der Waals surface area contributed by atoms with Crippen molar-refractivity contribution in [3.8, 4) is 0 Å². The van der Waals surface area contributed by atoms with Crippen molar-refractivity contribution in [2.24, 2.45) is 5.41 Å². The molecule has 1 atom stereocenters. The zero-order valence-electron chi connectivity index (χ0n) is 15.7. The third-order valence-electron chi connectivity index (χ3n) is 5.91. The van der Waals surface area contributed by atoms with Crippen LogP contribution in [0.25, 0.3) is 0 Å². The van der Waals surface area contributed by atoms with Gasteiger partial charge in [-0.1, -0.05) is 13.3 Å². The number of likely N-dealkylation sites (N-methyl/N-ethyl adjacent to an activating group) is 1. The smallest absolute Gasteiger partial charge is 0.240 e. The molecule has 138 valence electrons. The maximum atomic E-state index is 13.3. The van der Waals surface area contributed by atoms with Gasteiger partial charge >= 0.3 is 0 Å². The van der Waals surface area contributed by atoms with E-state index in [0.717, 1.165) is 51.0 Å². The third-order valence-corrected chi connectivity index (χ3v) is 5.91. The fourth-order valence-corrected chi connectivity index (χ4v) is 4.40. The predicted octanol–water partition coefficient (Wildman–Crippen LogP) is 2.28. The Balaban J connectivity index is 1.70. The van der Waals surface area contributed by atoms with Crippen LogP contribution in [0.1, 0.15) is 44.6 Å². The topological polar surface area (TPSA) is 48.5 Å². The largest absolute Gasteiger partial charge is 0.337 e. The van der Waals surface area contributed by atoms with Gasteiger partial charge in [0.15, 0.2) is 0 Å². The molecule has 1 aromatic rings. The number of piperidine rings is 1. The molecule has 2 aliphatic heterocycles. The van der Waals surface area contributed by atoms with Gasteiger partial charge in [0.1, 0.15) is 0 Å². The number of carbonyl (C=O) groups is 1. The van der Waals surface area contributed by atoms with Crippen LogP contribution in [0.3, 0.4) is 0 Å². The average molecular weight is 345 g/mol. The Hall–Kier alpha value is -1.46. The lowest BCUT2D eigenvalue weighted by atomic mass is 9.77. The van der Waals surface area contributed by atoms with Crippen LogP contribution in [0.5, 0.6) is 0 Å². The van der Waals surface area contributed by atoms with Gasteiger partial charge in [-0.3, -0.25) is 14.7 Å². The molecular formula is C20H32N4O. The van der Waals surface area contributed by atoms with E-state index < -0.39 is 0 Å². The summed E-state index contributed by atoms with van der Waals surface area (Å²) < 4.78 is 0. The lowest BCUT2D eigenvalue weighted by Gasteiger charge is -2.33. The number of amides is 1. The molecule has 5 nitrogen and oxygen atoms in total. The van der Waals surface area contributed by atoms with E-state index in [1.54, 1.807) is 0 Å². The molecule has 1 aromatic heterocycles. The first kappa shape index (κ1) is 18.3. The molecule has 1 N–H and O–H groups in total. The molecule has 0 unspecified atom stereocenters. The normalized spacial score (nSPS) is 23.0. The van der Waals surface area contributed by atoms with Crippen LogP contribution in [-0.4, -0.2) is 60.0 Å². The van der Waals surface area contributed by atoms with Crippen LogP contribution < -0.4 is 5.32 Å². The Morgan fingerprint density at radius 3 is 2.76 bits per heavy atom. The molecule has 0 radical (unpaired) electrons. The van der Waals surface area contributed by atoms with E-state index in [1.165, 1.54) is 12.8 Å². The number of likely N-dealkylation sites (tertiary alicyclic amines) is 1. The molecular weight excluding hydrogens is 312 g/mol. The van der Waals surface area contributed by atoms with Gasteiger partial charge in [-0.05, 0) is 68.9 Å². The summed E-state index contributed by atoms with van der Waals surface area (Å²) in [6.07, 6.45) is 9.19. The summed E-state index contributed by atoms with van der Waals surface area (Å²) in [7, 11) is 2.13. The number of nitrogens with one attached hydrogen (secondary N) is 1. The van der Waals surface area contributed by atoms with E-state index in [0.29, 0.717) is 17.9 Å². The quantitative estimate of drug-likeness (QED) is 0.860. The highest BCUT2D eigenvalue weighted by molar-refractivity contribution is 5.82. The van der Waals surface area contributed by atoms with E-state index in [9.17, 15) is 4.79 Å². The maximum Gasteiger partial charge on any atom is 0.240 e. The molecule has 5 heteroatoms. The number of unbranched alkanes of at least 4 members (excludes halogenated alkanes) is 1. The fourth-order valence-electron chi connectivity index (χ4n) is 4.40. The van der Waals surface area contributed by atoms with Crippen LogP contribution in [0, 0.1) is 5.41 Å². The monoisotopic (exact) mass is 344 g/mol. The van der Waals surface area contributed by atoms with Crippen molar-refractivity contribution in [1.29, 1.82) is 0 Å². The predicted molar refractivity (Wildman–Crippen MR) is 100 cm³/mol. The molecule has 2 fully saturated rings. The van der Waals surface area contributed by atoms with Gasteiger partial charge in [-0.15, -0.1) is 0 Å². The molecule has 0 aliphatic carbocycles. The summed E-state index contributed by atoms with van der Waals surface area (Å²) in [5.41, 5.74) is 1.50. The van der Waals surface area contributed by atoms with Crippen LogP contribution in [0.4, 0.5) is 0 Å². The summed E-state index contributed by atoms with van der Waals surface area (Å²) in [4.78, 5) is 21.8. The number of nitrogens with zero attached hydrogens (tertiary/aromatic N) is 3. The second-order valence-electron chi connectivity index (χ2n) is 7.85. The van der Waals surface area contributed by atoms with Crippen molar-refractivity contribution in [1.82, 2.24) is 20.1 Å². The third kappa shape index (κ3) is 4.39. The van der Waals surface area contributed by atoms with Crippen LogP contribution in [0.15, 0.2) is 24.5 Å². The molecule has 3 rings (SSSR count). The zero-order chi connectivity index (χ0) is 17.7. The fraction of sp³-hybridized carbons (Fsp3) is 0.700. The summed E-state index contributed by atoms with van der Waals surface area (Å²) in [6.45, 7) is 6.95. The number of aromatic nitrogens is 1. The second-order valence-corrected chi connectivity index (χ2v) is 7.85. The molecule has 0 saturated carbocycles. The van der Waals surface area contributed by atoms with Gasteiger partial charge < -0.3 is 10.2 Å². The van der Waals surface area contributed by atoms with E-state index in [1.807, 2.05) is 24.5 Å². The van der Waals surface area contributed by atoms with E-state index in [2.05, 4.69) is 34.1 Å². The minimum Gasteiger partial charge on any atom is -0.337 e. The van der Waals surface area contributed by atoms with Crippen LogP contribution >= 0.6 is 0 Å². The zero-order valence-corrected chi connectivity index (χ0v) is 15.7. The number of rotatable bonds is 6. The SMILES string of the molecule is CCCCN(Cc1ccncc1)C(=O)[C@@H]1CC2(CCNCC2)CN1C. The van der Waals surface area contributed by atoms with Crippen LogP contribution in [0.2, 0.25) is 0 Å². The molecule has 2 saturated heterocycles. The van der Waals surface area contributed by atoms with Crippen molar-refractivity contribution >= 4 is 5.91 Å².